The zero-order valence-corrected chi connectivity index (χ0v) is 16.5. The molecule has 0 radical (unpaired) electrons. The minimum absolute atomic E-state index is 0.0389. The number of esters is 1. The number of Topliss-reactive ketones (excluding diaryl/α,β-unsaturated/α-hetero) is 2. The van der Waals surface area contributed by atoms with Crippen LogP contribution in [0.3, 0.4) is 0 Å². The van der Waals surface area contributed by atoms with Crippen LogP contribution in [0.15, 0.2) is 18.3 Å². The van der Waals surface area contributed by atoms with E-state index in [-0.39, 0.29) is 23.9 Å². The van der Waals surface area contributed by atoms with Crippen molar-refractivity contribution >= 4 is 28.9 Å². The highest BCUT2D eigenvalue weighted by Crippen LogP contribution is 2.35. The first-order chi connectivity index (χ1) is 12.9. The normalized spacial score (nSPS) is 18.9. The molecule has 2 aromatic heterocycles. The highest BCUT2D eigenvalue weighted by molar-refractivity contribution is 7.14. The number of aromatic nitrogens is 2. The Hall–Kier alpha value is -2.41. The maximum atomic E-state index is 13.0. The molecule has 3 rings (SSSR count). The van der Waals surface area contributed by atoms with Gasteiger partial charge in [0.2, 0.25) is 0 Å². The number of fused-ring (bicyclic) bond motifs is 1. The largest absolute Gasteiger partial charge is 0.469 e. The molecular weight excluding hydrogens is 364 g/mol. The summed E-state index contributed by atoms with van der Waals surface area (Å²) in [6, 6.07) is 3.60. The van der Waals surface area contributed by atoms with E-state index in [2.05, 4.69) is 21.6 Å². The van der Waals surface area contributed by atoms with Crippen LogP contribution in [0.4, 0.5) is 0 Å². The Morgan fingerprint density at radius 2 is 2.11 bits per heavy atom. The van der Waals surface area contributed by atoms with Crippen molar-refractivity contribution < 1.29 is 19.1 Å². The minimum atomic E-state index is -0.734. The highest BCUT2D eigenvalue weighted by Gasteiger charge is 2.40. The number of hydrogen-bond donors (Lipinski definition) is 0. The first-order valence-corrected chi connectivity index (χ1v) is 9.85. The summed E-state index contributed by atoms with van der Waals surface area (Å²) in [7, 11) is 1.32. The molecule has 6 nitrogen and oxygen atoms in total. The van der Waals surface area contributed by atoms with Crippen LogP contribution in [0.2, 0.25) is 0 Å². The summed E-state index contributed by atoms with van der Waals surface area (Å²) in [5, 5.41) is 0.547. The van der Waals surface area contributed by atoms with Gasteiger partial charge in [0.1, 0.15) is 5.01 Å². The van der Waals surface area contributed by atoms with E-state index in [1.54, 1.807) is 12.3 Å². The van der Waals surface area contributed by atoms with Crippen LogP contribution < -0.4 is 0 Å². The molecule has 7 heteroatoms. The molecule has 0 amide bonds. The van der Waals surface area contributed by atoms with E-state index in [0.29, 0.717) is 27.6 Å². The van der Waals surface area contributed by atoms with Gasteiger partial charge in [0.25, 0.3) is 0 Å². The van der Waals surface area contributed by atoms with Gasteiger partial charge in [-0.05, 0) is 30.9 Å². The number of rotatable bonds is 6. The number of nitrogens with zero attached hydrogens (tertiary/aromatic N) is 2. The predicted molar refractivity (Wildman–Crippen MR) is 101 cm³/mol. The molecule has 0 fully saturated rings. The second kappa shape index (κ2) is 8.08. The molecular formula is C20H22N2O4S. The Balaban J connectivity index is 1.84. The molecule has 2 unspecified atom stereocenters. The summed E-state index contributed by atoms with van der Waals surface area (Å²) in [4.78, 5) is 46.7. The molecule has 2 atom stereocenters. The average Bonchev–Trinajstić information content (AvgIpc) is 3.04. The van der Waals surface area contributed by atoms with Gasteiger partial charge in [-0.3, -0.25) is 19.4 Å². The van der Waals surface area contributed by atoms with Crippen molar-refractivity contribution in [3.63, 3.8) is 0 Å². The number of aryl methyl sites for hydroxylation is 1. The number of pyridine rings is 1. The fourth-order valence-electron chi connectivity index (χ4n) is 3.36. The van der Waals surface area contributed by atoms with E-state index in [4.69, 9.17) is 0 Å². The van der Waals surface area contributed by atoms with Crippen LogP contribution in [0.5, 0.6) is 0 Å². The predicted octanol–water partition coefficient (Wildman–Crippen LogP) is 3.08. The minimum Gasteiger partial charge on any atom is -0.469 e. The number of ether oxygens (including phenoxy) is 1. The highest BCUT2D eigenvalue weighted by atomic mass is 32.1. The Morgan fingerprint density at radius 3 is 2.74 bits per heavy atom. The van der Waals surface area contributed by atoms with Gasteiger partial charge >= 0.3 is 5.97 Å². The van der Waals surface area contributed by atoms with Crippen molar-refractivity contribution in [2.24, 2.45) is 11.8 Å². The third-order valence-corrected chi connectivity index (χ3v) is 5.87. The van der Waals surface area contributed by atoms with Crippen molar-refractivity contribution in [3.05, 3.63) is 45.2 Å². The average molecular weight is 386 g/mol. The summed E-state index contributed by atoms with van der Waals surface area (Å²) in [5.74, 6) is -1.69. The van der Waals surface area contributed by atoms with Gasteiger partial charge in [0.15, 0.2) is 11.6 Å². The molecule has 1 aliphatic rings. The molecule has 0 aromatic carbocycles. The molecule has 0 bridgehead atoms. The maximum Gasteiger partial charge on any atom is 0.312 e. The molecule has 1 aliphatic carbocycles. The van der Waals surface area contributed by atoms with Crippen molar-refractivity contribution in [2.45, 2.75) is 39.5 Å². The molecule has 0 N–H and O–H groups in total. The van der Waals surface area contributed by atoms with Crippen LogP contribution in [0, 0.1) is 11.8 Å². The zero-order valence-electron chi connectivity index (χ0n) is 15.7. The Labute approximate surface area is 162 Å². The van der Waals surface area contributed by atoms with E-state index >= 15 is 0 Å². The molecule has 2 heterocycles. The van der Waals surface area contributed by atoms with Crippen molar-refractivity contribution in [2.75, 3.05) is 7.11 Å². The van der Waals surface area contributed by atoms with Crippen molar-refractivity contribution in [1.82, 2.24) is 9.97 Å². The van der Waals surface area contributed by atoms with Gasteiger partial charge in [-0.25, -0.2) is 4.98 Å². The Bertz CT molecular complexity index is 873. The zero-order chi connectivity index (χ0) is 19.6. The number of thiazole rings is 1. The van der Waals surface area contributed by atoms with E-state index in [0.717, 1.165) is 18.5 Å². The summed E-state index contributed by atoms with van der Waals surface area (Å²) < 4.78 is 4.66. The fraction of sp³-hybridized carbons (Fsp3) is 0.450. The van der Waals surface area contributed by atoms with Gasteiger partial charge in [-0.15, -0.1) is 11.3 Å². The van der Waals surface area contributed by atoms with Crippen LogP contribution in [0.1, 0.15) is 56.7 Å². The number of ketones is 2. The third kappa shape index (κ3) is 3.98. The topological polar surface area (TPSA) is 86.2 Å². The summed E-state index contributed by atoms with van der Waals surface area (Å²) >= 11 is 1.19. The standard InChI is InChI=1S/C20H22N2O4S/c1-4-5-13-7-6-12(10-21-13)18(24)17-11(2)8-14-20(19(17)25)27-15(22-14)9-16(23)26-3/h6-7,10-11,17H,4-5,8-9H2,1-3H3. The van der Waals surface area contributed by atoms with Gasteiger partial charge in [-0.2, -0.15) is 0 Å². The molecule has 0 saturated heterocycles. The molecule has 0 saturated carbocycles. The second-order valence-electron chi connectivity index (χ2n) is 6.81. The summed E-state index contributed by atoms with van der Waals surface area (Å²) in [5.41, 5.74) is 2.08. The van der Waals surface area contributed by atoms with Gasteiger partial charge in [-0.1, -0.05) is 20.3 Å². The van der Waals surface area contributed by atoms with Crippen LogP contribution in [-0.4, -0.2) is 34.6 Å². The van der Waals surface area contributed by atoms with Gasteiger partial charge in [0.05, 0.1) is 30.0 Å². The number of carbonyl (C=O) groups is 3. The SMILES string of the molecule is CCCc1ccc(C(=O)C2C(=O)c3sc(CC(=O)OC)nc3CC2C)cn1. The number of carbonyl (C=O) groups excluding carboxylic acids is 3. The second-order valence-corrected chi connectivity index (χ2v) is 7.90. The van der Waals surface area contributed by atoms with E-state index in [9.17, 15) is 14.4 Å². The van der Waals surface area contributed by atoms with Crippen LogP contribution >= 0.6 is 11.3 Å². The summed E-state index contributed by atoms with van der Waals surface area (Å²) in [6.45, 7) is 3.96. The Kier molecular flexibility index (Phi) is 5.79. The lowest BCUT2D eigenvalue weighted by Crippen LogP contribution is -2.35. The lowest BCUT2D eigenvalue weighted by atomic mass is 9.77. The summed E-state index contributed by atoms with van der Waals surface area (Å²) in [6.07, 6.45) is 3.99. The Morgan fingerprint density at radius 1 is 1.33 bits per heavy atom. The van der Waals surface area contributed by atoms with Crippen LogP contribution in [-0.2, 0) is 28.8 Å². The van der Waals surface area contributed by atoms with Crippen LogP contribution in [0.25, 0.3) is 0 Å². The van der Waals surface area contributed by atoms with E-state index < -0.39 is 11.9 Å². The third-order valence-electron chi connectivity index (χ3n) is 4.75. The lowest BCUT2D eigenvalue weighted by molar-refractivity contribution is -0.139. The monoisotopic (exact) mass is 386 g/mol. The van der Waals surface area contributed by atoms with E-state index in [1.165, 1.54) is 18.4 Å². The van der Waals surface area contributed by atoms with Gasteiger partial charge < -0.3 is 4.74 Å². The lowest BCUT2D eigenvalue weighted by Gasteiger charge is -2.25. The quantitative estimate of drug-likeness (QED) is 0.431. The maximum absolute atomic E-state index is 13.0. The first kappa shape index (κ1) is 19.4. The number of hydrogen-bond acceptors (Lipinski definition) is 7. The molecule has 0 spiro atoms. The fourth-order valence-corrected chi connectivity index (χ4v) is 4.41. The first-order valence-electron chi connectivity index (χ1n) is 9.03. The number of methoxy groups -OCH3 is 1. The molecule has 142 valence electrons. The van der Waals surface area contributed by atoms with E-state index in [1.807, 2.05) is 13.0 Å². The van der Waals surface area contributed by atoms with Crippen molar-refractivity contribution in [1.29, 1.82) is 0 Å². The molecule has 0 aliphatic heterocycles. The molecule has 2 aromatic rings. The van der Waals surface area contributed by atoms with Gasteiger partial charge in [0, 0.05) is 17.5 Å². The molecule has 27 heavy (non-hydrogen) atoms. The van der Waals surface area contributed by atoms with Crippen molar-refractivity contribution in [3.8, 4) is 0 Å². The smallest absolute Gasteiger partial charge is 0.312 e.